The molecule has 7 aromatic rings. The number of aliphatic imine (C=N–C) groups is 2. The molecule has 10 rings (SSSR count). The number of nitrogen functional groups attached to an aromatic ring is 1. The number of hydrogen-bond acceptors (Lipinski definition) is 5. The van der Waals surface area contributed by atoms with E-state index < -0.39 is 11.6 Å². The number of ether oxygens (including phenoxy) is 1. The van der Waals surface area contributed by atoms with Gasteiger partial charge < -0.3 is 15.8 Å². The van der Waals surface area contributed by atoms with Gasteiger partial charge in [-0.2, -0.15) is 0 Å². The van der Waals surface area contributed by atoms with Gasteiger partial charge in [-0.15, -0.1) is 0 Å². The lowest BCUT2D eigenvalue weighted by Crippen LogP contribution is -2.34. The molecule has 0 saturated carbocycles. The van der Waals surface area contributed by atoms with Crippen LogP contribution >= 0.6 is 0 Å². The van der Waals surface area contributed by atoms with E-state index in [4.69, 9.17) is 20.5 Å². The smallest absolute Gasteiger partial charge is 0.159 e. The Morgan fingerprint density at radius 3 is 1.84 bits per heavy atom. The fourth-order valence-electron chi connectivity index (χ4n) is 8.13. The van der Waals surface area contributed by atoms with Gasteiger partial charge in [-0.25, -0.2) is 9.98 Å². The van der Waals surface area contributed by atoms with Gasteiger partial charge in [0.1, 0.15) is 23.5 Å². The molecular formula is C46H32N4O. The first kappa shape index (κ1) is 29.2. The summed E-state index contributed by atoms with van der Waals surface area (Å²) in [7, 11) is 0. The molecule has 3 aliphatic rings. The summed E-state index contributed by atoms with van der Waals surface area (Å²) in [5.41, 5.74) is 18.5. The summed E-state index contributed by atoms with van der Waals surface area (Å²) in [6.07, 6.45) is -0.406. The number of para-hydroxylation sites is 2. The molecule has 0 aromatic heterocycles. The molecule has 5 heteroatoms. The molecule has 1 unspecified atom stereocenters. The third-order valence-electron chi connectivity index (χ3n) is 10.4. The van der Waals surface area contributed by atoms with E-state index in [0.29, 0.717) is 5.84 Å². The summed E-state index contributed by atoms with van der Waals surface area (Å²) in [6, 6.07) is 59.1. The minimum absolute atomic E-state index is 0.406. The predicted molar refractivity (Wildman–Crippen MR) is 206 cm³/mol. The highest BCUT2D eigenvalue weighted by molar-refractivity contribution is 6.13. The Balaban J connectivity index is 1.26. The van der Waals surface area contributed by atoms with E-state index in [1.165, 1.54) is 22.3 Å². The normalized spacial score (nSPS) is 16.0. The number of anilines is 1. The molecule has 51 heavy (non-hydrogen) atoms. The molecule has 0 saturated heterocycles. The van der Waals surface area contributed by atoms with Gasteiger partial charge in [-0.3, -0.25) is 0 Å². The SMILES string of the molecule is Nc1ccc(-c2ccc3c(c2)-c2c(C4N=C(c5ccccc5)N=C(c5ccccc5)N4)cccc2C32c3ccccc3Oc3ccccc32)cc1. The summed E-state index contributed by atoms with van der Waals surface area (Å²) in [6.45, 7) is 0. The van der Waals surface area contributed by atoms with Crippen LogP contribution in [-0.2, 0) is 5.41 Å². The van der Waals surface area contributed by atoms with Crippen molar-refractivity contribution in [3.8, 4) is 33.8 Å². The van der Waals surface area contributed by atoms with Gasteiger partial charge in [0, 0.05) is 33.5 Å². The van der Waals surface area contributed by atoms with Crippen LogP contribution in [0.25, 0.3) is 22.3 Å². The van der Waals surface area contributed by atoms with Crippen molar-refractivity contribution in [3.05, 3.63) is 209 Å². The van der Waals surface area contributed by atoms with Gasteiger partial charge in [0.25, 0.3) is 0 Å². The topological polar surface area (TPSA) is 72.0 Å². The monoisotopic (exact) mass is 656 g/mol. The van der Waals surface area contributed by atoms with Crippen molar-refractivity contribution in [2.45, 2.75) is 11.6 Å². The molecule has 1 spiro atoms. The second-order valence-corrected chi connectivity index (χ2v) is 13.2. The molecule has 0 radical (unpaired) electrons. The van der Waals surface area contributed by atoms with Crippen LogP contribution in [0, 0.1) is 0 Å². The highest BCUT2D eigenvalue weighted by atomic mass is 16.5. The predicted octanol–water partition coefficient (Wildman–Crippen LogP) is 9.90. The van der Waals surface area contributed by atoms with Crippen LogP contribution in [0.4, 0.5) is 5.69 Å². The van der Waals surface area contributed by atoms with Crippen molar-refractivity contribution in [2.24, 2.45) is 9.98 Å². The van der Waals surface area contributed by atoms with E-state index in [1.54, 1.807) is 0 Å². The van der Waals surface area contributed by atoms with Crippen molar-refractivity contribution in [3.63, 3.8) is 0 Å². The number of hydrogen-bond donors (Lipinski definition) is 2. The number of nitrogens with one attached hydrogen (secondary N) is 1. The Hall–Kier alpha value is -6.72. The first-order valence-electron chi connectivity index (χ1n) is 17.2. The van der Waals surface area contributed by atoms with E-state index in [0.717, 1.165) is 62.0 Å². The largest absolute Gasteiger partial charge is 0.457 e. The third kappa shape index (κ3) is 4.48. The molecule has 5 nitrogen and oxygen atoms in total. The Bertz CT molecular complexity index is 2490. The summed E-state index contributed by atoms with van der Waals surface area (Å²) < 4.78 is 6.61. The number of nitrogens with two attached hydrogens (primary N) is 1. The van der Waals surface area contributed by atoms with Gasteiger partial charge in [0.05, 0.1) is 5.41 Å². The average Bonchev–Trinajstić information content (AvgIpc) is 3.49. The zero-order chi connectivity index (χ0) is 33.9. The summed E-state index contributed by atoms with van der Waals surface area (Å²) in [5, 5.41) is 3.75. The molecule has 1 atom stereocenters. The number of amidine groups is 2. The van der Waals surface area contributed by atoms with Gasteiger partial charge in [-0.05, 0) is 63.7 Å². The maximum Gasteiger partial charge on any atom is 0.159 e. The number of benzene rings is 7. The van der Waals surface area contributed by atoms with Crippen LogP contribution in [0.1, 0.15) is 45.1 Å². The lowest BCUT2D eigenvalue weighted by Gasteiger charge is -2.39. The van der Waals surface area contributed by atoms with Crippen LogP contribution in [0.5, 0.6) is 11.5 Å². The molecule has 0 fully saturated rings. The lowest BCUT2D eigenvalue weighted by atomic mass is 9.66. The van der Waals surface area contributed by atoms with Gasteiger partial charge in [0.15, 0.2) is 5.84 Å². The molecule has 1 aliphatic carbocycles. The Morgan fingerprint density at radius 2 is 1.14 bits per heavy atom. The highest BCUT2D eigenvalue weighted by Crippen LogP contribution is 2.63. The zero-order valence-corrected chi connectivity index (χ0v) is 27.6. The number of rotatable bonds is 4. The van der Waals surface area contributed by atoms with E-state index >= 15 is 0 Å². The number of fused-ring (bicyclic) bond motifs is 9. The standard InChI is InChI=1S/C46H32N4O/c47-33-25-22-29(23-26-33)32-24-27-36-35(28-32)42-34(45-49-43(30-12-3-1-4-13-30)48-44(50-45)31-14-5-2-6-15-31)16-11-19-39(42)46(36)37-17-7-9-20-40(37)51-41-21-10-8-18-38(41)46/h1-28,45H,47H2,(H,48,49,50). The molecular weight excluding hydrogens is 625 g/mol. The van der Waals surface area contributed by atoms with Crippen LogP contribution in [0.2, 0.25) is 0 Å². The molecule has 242 valence electrons. The second-order valence-electron chi connectivity index (χ2n) is 13.2. The van der Waals surface area contributed by atoms with Gasteiger partial charge in [-0.1, -0.05) is 140 Å². The first-order chi connectivity index (χ1) is 25.2. The van der Waals surface area contributed by atoms with Crippen molar-refractivity contribution < 1.29 is 4.74 Å². The molecule has 0 bridgehead atoms. The second kappa shape index (κ2) is 11.4. The minimum atomic E-state index is -0.608. The molecule has 7 aromatic carbocycles. The van der Waals surface area contributed by atoms with E-state index in [2.05, 4.69) is 115 Å². The molecule has 2 aliphatic heterocycles. The maximum absolute atomic E-state index is 6.61. The van der Waals surface area contributed by atoms with E-state index in [-0.39, 0.29) is 0 Å². The first-order valence-corrected chi connectivity index (χ1v) is 17.2. The number of nitrogens with zero attached hydrogens (tertiary/aromatic N) is 2. The van der Waals surface area contributed by atoms with Crippen molar-refractivity contribution in [1.82, 2.24) is 5.32 Å². The molecule has 3 N–H and O–H groups in total. The summed E-state index contributed by atoms with van der Waals surface area (Å²) in [5.74, 6) is 3.21. The third-order valence-corrected chi connectivity index (χ3v) is 10.4. The van der Waals surface area contributed by atoms with E-state index in [9.17, 15) is 0 Å². The average molecular weight is 657 g/mol. The molecule has 2 heterocycles. The van der Waals surface area contributed by atoms with E-state index in [1.807, 2.05) is 60.7 Å². The van der Waals surface area contributed by atoms with Crippen LogP contribution in [-0.4, -0.2) is 11.7 Å². The van der Waals surface area contributed by atoms with Crippen molar-refractivity contribution in [1.29, 1.82) is 0 Å². The summed E-state index contributed by atoms with van der Waals surface area (Å²) in [4.78, 5) is 10.4. The quantitative estimate of drug-likeness (QED) is 0.185. The fourth-order valence-corrected chi connectivity index (χ4v) is 8.13. The molecule has 0 amide bonds. The Morgan fingerprint density at radius 1 is 0.529 bits per heavy atom. The van der Waals surface area contributed by atoms with Crippen molar-refractivity contribution in [2.75, 3.05) is 5.73 Å². The Labute approximate surface area is 296 Å². The summed E-state index contributed by atoms with van der Waals surface area (Å²) >= 11 is 0. The minimum Gasteiger partial charge on any atom is -0.457 e. The van der Waals surface area contributed by atoms with Gasteiger partial charge >= 0.3 is 0 Å². The maximum atomic E-state index is 6.61. The van der Waals surface area contributed by atoms with Crippen LogP contribution in [0.3, 0.4) is 0 Å². The highest BCUT2D eigenvalue weighted by Gasteiger charge is 2.52. The van der Waals surface area contributed by atoms with Crippen LogP contribution in [0.15, 0.2) is 180 Å². The van der Waals surface area contributed by atoms with Crippen LogP contribution < -0.4 is 15.8 Å². The zero-order valence-electron chi connectivity index (χ0n) is 27.6. The fraction of sp³-hybridized carbons (Fsp3) is 0.0435. The Kier molecular flexibility index (Phi) is 6.55. The lowest BCUT2D eigenvalue weighted by molar-refractivity contribution is 0.436. The van der Waals surface area contributed by atoms with Crippen molar-refractivity contribution >= 4 is 17.4 Å². The van der Waals surface area contributed by atoms with Gasteiger partial charge in [0.2, 0.25) is 0 Å².